The van der Waals surface area contributed by atoms with E-state index >= 15 is 0 Å². The molecule has 0 aliphatic carbocycles. The van der Waals surface area contributed by atoms with Crippen LogP contribution in [-0.4, -0.2) is 67.3 Å². The van der Waals surface area contributed by atoms with Crippen molar-refractivity contribution in [3.05, 3.63) is 0 Å². The van der Waals surface area contributed by atoms with Crippen molar-refractivity contribution >= 4 is 12.1 Å². The third-order valence-electron chi connectivity index (χ3n) is 2.76. The highest BCUT2D eigenvalue weighted by atomic mass is 16.6. The second kappa shape index (κ2) is 6.44. The zero-order valence-electron chi connectivity index (χ0n) is 10.4. The normalized spacial score (nSPS) is 20.5. The Hall–Kier alpha value is -1.30. The monoisotopic (exact) mass is 244 g/mol. The number of amides is 1. The third-order valence-corrected chi connectivity index (χ3v) is 2.76. The van der Waals surface area contributed by atoms with Crippen LogP contribution in [-0.2, 0) is 9.53 Å². The van der Waals surface area contributed by atoms with Crippen LogP contribution in [0.15, 0.2) is 0 Å². The summed E-state index contributed by atoms with van der Waals surface area (Å²) in [4.78, 5) is 25.6. The highest BCUT2D eigenvalue weighted by molar-refractivity contribution is 5.68. The number of ether oxygens (including phenoxy) is 1. The summed E-state index contributed by atoms with van der Waals surface area (Å²) in [5, 5.41) is 8.61. The van der Waals surface area contributed by atoms with E-state index in [0.717, 1.165) is 6.54 Å². The number of carboxylic acid groups (broad SMARTS) is 1. The van der Waals surface area contributed by atoms with Gasteiger partial charge in [-0.05, 0) is 20.5 Å². The number of carbonyl (C=O) groups excluding carboxylic acids is 1. The van der Waals surface area contributed by atoms with Gasteiger partial charge >= 0.3 is 12.1 Å². The van der Waals surface area contributed by atoms with Gasteiger partial charge in [-0.25, -0.2) is 4.79 Å². The van der Waals surface area contributed by atoms with E-state index in [1.54, 1.807) is 4.90 Å². The van der Waals surface area contributed by atoms with Crippen molar-refractivity contribution in [1.29, 1.82) is 0 Å². The number of nitrogens with zero attached hydrogens (tertiary/aromatic N) is 2. The maximum absolute atomic E-state index is 11.5. The molecule has 1 unspecified atom stereocenters. The highest BCUT2D eigenvalue weighted by Gasteiger charge is 2.27. The average molecular weight is 244 g/mol. The van der Waals surface area contributed by atoms with Gasteiger partial charge in [0.1, 0.15) is 0 Å². The predicted molar refractivity (Wildman–Crippen MR) is 61.8 cm³/mol. The van der Waals surface area contributed by atoms with Gasteiger partial charge in [-0.3, -0.25) is 4.79 Å². The molecule has 98 valence electrons. The summed E-state index contributed by atoms with van der Waals surface area (Å²) in [6.45, 7) is 2.33. The van der Waals surface area contributed by atoms with Crippen molar-refractivity contribution in [3.8, 4) is 0 Å². The molecule has 1 N–H and O–H groups in total. The smallest absolute Gasteiger partial charge is 0.409 e. The number of hydrogen-bond donors (Lipinski definition) is 1. The summed E-state index contributed by atoms with van der Waals surface area (Å²) in [5.41, 5.74) is 0. The maximum atomic E-state index is 11.5. The zero-order valence-corrected chi connectivity index (χ0v) is 10.4. The van der Waals surface area contributed by atoms with Gasteiger partial charge in [0.15, 0.2) is 0 Å². The summed E-state index contributed by atoms with van der Waals surface area (Å²) in [6.07, 6.45) is 0.392. The van der Waals surface area contributed by atoms with E-state index in [1.807, 2.05) is 19.0 Å². The van der Waals surface area contributed by atoms with Crippen LogP contribution in [0.1, 0.15) is 12.8 Å². The fourth-order valence-corrected chi connectivity index (χ4v) is 1.72. The van der Waals surface area contributed by atoms with Gasteiger partial charge in [-0.1, -0.05) is 0 Å². The summed E-state index contributed by atoms with van der Waals surface area (Å²) >= 11 is 0. The Kier molecular flexibility index (Phi) is 5.21. The van der Waals surface area contributed by atoms with Gasteiger partial charge in [0.25, 0.3) is 0 Å². The van der Waals surface area contributed by atoms with Crippen LogP contribution < -0.4 is 0 Å². The van der Waals surface area contributed by atoms with E-state index in [-0.39, 0.29) is 18.4 Å². The number of carboxylic acids is 1. The lowest BCUT2D eigenvalue weighted by Gasteiger charge is -2.32. The fraction of sp³-hybridized carbons (Fsp3) is 0.818. The molecule has 0 aromatic rings. The van der Waals surface area contributed by atoms with Crippen LogP contribution in [0.2, 0.25) is 0 Å². The third kappa shape index (κ3) is 5.04. The Bertz CT molecular complexity index is 281. The van der Waals surface area contributed by atoms with E-state index in [4.69, 9.17) is 9.84 Å². The average Bonchev–Trinajstić information content (AvgIpc) is 2.26. The van der Waals surface area contributed by atoms with Gasteiger partial charge < -0.3 is 19.6 Å². The second-order valence-corrected chi connectivity index (χ2v) is 4.62. The molecule has 1 fully saturated rings. The van der Waals surface area contributed by atoms with Crippen LogP contribution in [0.4, 0.5) is 4.79 Å². The van der Waals surface area contributed by atoms with Crippen LogP contribution in [0, 0.1) is 5.92 Å². The van der Waals surface area contributed by atoms with Gasteiger partial charge in [-0.15, -0.1) is 0 Å². The molecule has 1 amide bonds. The molecule has 1 saturated heterocycles. The minimum Gasteiger partial charge on any atom is -0.481 e. The summed E-state index contributed by atoms with van der Waals surface area (Å²) in [6, 6.07) is 0. The molecular formula is C11H20N2O4. The second-order valence-electron chi connectivity index (χ2n) is 4.62. The number of carbonyl (C=O) groups is 2. The van der Waals surface area contributed by atoms with Crippen molar-refractivity contribution in [2.45, 2.75) is 12.8 Å². The Morgan fingerprint density at radius 1 is 1.59 bits per heavy atom. The largest absolute Gasteiger partial charge is 0.481 e. The summed E-state index contributed by atoms with van der Waals surface area (Å²) in [5.74, 6) is -0.673. The van der Waals surface area contributed by atoms with Crippen molar-refractivity contribution in [1.82, 2.24) is 9.80 Å². The molecule has 0 aromatic carbocycles. The van der Waals surface area contributed by atoms with E-state index < -0.39 is 5.97 Å². The first kappa shape index (κ1) is 13.8. The maximum Gasteiger partial charge on any atom is 0.409 e. The quantitative estimate of drug-likeness (QED) is 0.736. The molecule has 0 saturated carbocycles. The first-order valence-corrected chi connectivity index (χ1v) is 5.77. The molecule has 1 aliphatic heterocycles. The Balaban J connectivity index is 2.36. The molecule has 1 rings (SSSR count). The number of rotatable bonds is 6. The van der Waals surface area contributed by atoms with Crippen molar-refractivity contribution in [2.24, 2.45) is 5.92 Å². The fourth-order valence-electron chi connectivity index (χ4n) is 1.72. The summed E-state index contributed by atoms with van der Waals surface area (Å²) < 4.78 is 5.04. The molecule has 0 radical (unpaired) electrons. The van der Waals surface area contributed by atoms with Crippen LogP contribution in [0.25, 0.3) is 0 Å². The topological polar surface area (TPSA) is 70.1 Å². The summed E-state index contributed by atoms with van der Waals surface area (Å²) in [7, 11) is 3.88. The number of cyclic esters (lactones) is 1. The Morgan fingerprint density at radius 2 is 2.29 bits per heavy atom. The number of hydrogen-bond acceptors (Lipinski definition) is 4. The van der Waals surface area contributed by atoms with E-state index in [2.05, 4.69) is 0 Å². The number of likely N-dealkylation sites (N-methyl/N-ethyl adjacent to an activating group) is 1. The lowest BCUT2D eigenvalue weighted by atomic mass is 10.0. The van der Waals surface area contributed by atoms with E-state index in [9.17, 15) is 9.59 Å². The molecular weight excluding hydrogens is 224 g/mol. The zero-order chi connectivity index (χ0) is 12.8. The first-order chi connectivity index (χ1) is 7.99. The van der Waals surface area contributed by atoms with Crippen molar-refractivity contribution < 1.29 is 19.4 Å². The SMILES string of the molecule is CN(C)CCN1CC(CCC(=O)O)COC1=O. The molecule has 6 nitrogen and oxygen atoms in total. The van der Waals surface area contributed by atoms with Crippen molar-refractivity contribution in [2.75, 3.05) is 40.3 Å². The van der Waals surface area contributed by atoms with Gasteiger partial charge in [0.2, 0.25) is 0 Å². The lowest BCUT2D eigenvalue weighted by molar-refractivity contribution is -0.137. The van der Waals surface area contributed by atoms with Crippen LogP contribution in [0.3, 0.4) is 0 Å². The molecule has 6 heteroatoms. The van der Waals surface area contributed by atoms with Crippen LogP contribution >= 0.6 is 0 Å². The van der Waals surface area contributed by atoms with Gasteiger partial charge in [0, 0.05) is 32.0 Å². The molecule has 17 heavy (non-hydrogen) atoms. The predicted octanol–water partition coefficient (Wildman–Crippen LogP) is 0.481. The molecule has 0 bridgehead atoms. The molecule has 1 aliphatic rings. The molecule has 1 heterocycles. The van der Waals surface area contributed by atoms with Crippen molar-refractivity contribution in [3.63, 3.8) is 0 Å². The van der Waals surface area contributed by atoms with Gasteiger partial charge in [0.05, 0.1) is 6.61 Å². The van der Waals surface area contributed by atoms with Crippen LogP contribution in [0.5, 0.6) is 0 Å². The van der Waals surface area contributed by atoms with E-state index in [0.29, 0.717) is 26.1 Å². The lowest BCUT2D eigenvalue weighted by Crippen LogP contribution is -2.45. The number of aliphatic carboxylic acids is 1. The first-order valence-electron chi connectivity index (χ1n) is 5.77. The Labute approximate surface area is 101 Å². The van der Waals surface area contributed by atoms with Gasteiger partial charge in [-0.2, -0.15) is 0 Å². The Morgan fingerprint density at radius 3 is 2.88 bits per heavy atom. The highest BCUT2D eigenvalue weighted by Crippen LogP contribution is 2.16. The molecule has 0 aromatic heterocycles. The molecule has 0 spiro atoms. The minimum atomic E-state index is -0.804. The molecule has 1 atom stereocenters. The minimum absolute atomic E-state index is 0.129. The standard InChI is InChI=1S/C11H20N2O4/c1-12(2)5-6-13-7-9(3-4-10(14)15)8-17-11(13)16/h9H,3-8H2,1-2H3,(H,14,15). The van der Waals surface area contributed by atoms with E-state index in [1.165, 1.54) is 0 Å².